The molecule has 6 nitrogen and oxygen atoms in total. The molecule has 0 saturated heterocycles. The number of nitrogens with one attached hydrogen (secondary N) is 1. The van der Waals surface area contributed by atoms with Crippen molar-refractivity contribution in [3.63, 3.8) is 0 Å². The molecule has 3 aromatic rings. The van der Waals surface area contributed by atoms with Gasteiger partial charge in [0.05, 0.1) is 20.1 Å². The van der Waals surface area contributed by atoms with Gasteiger partial charge in [-0.1, -0.05) is 18.2 Å². The van der Waals surface area contributed by atoms with Gasteiger partial charge in [0, 0.05) is 30.5 Å². The van der Waals surface area contributed by atoms with Crippen LogP contribution in [0.2, 0.25) is 0 Å². The van der Waals surface area contributed by atoms with E-state index in [-0.39, 0.29) is 18.0 Å². The van der Waals surface area contributed by atoms with Crippen molar-refractivity contribution in [2.24, 2.45) is 0 Å². The molecule has 0 aliphatic heterocycles. The van der Waals surface area contributed by atoms with Crippen molar-refractivity contribution in [2.75, 3.05) is 27.4 Å². The highest BCUT2D eigenvalue weighted by Crippen LogP contribution is 2.26. The maximum atomic E-state index is 12.2. The minimum atomic E-state index is -0.281. The van der Waals surface area contributed by atoms with Crippen molar-refractivity contribution < 1.29 is 23.8 Å². The first-order valence-corrected chi connectivity index (χ1v) is 9.88. The number of ketones is 2. The van der Waals surface area contributed by atoms with E-state index >= 15 is 0 Å². The normalized spacial score (nSPS) is 11.4. The first kappa shape index (κ1) is 22.1. The van der Waals surface area contributed by atoms with E-state index in [1.807, 2.05) is 30.5 Å². The monoisotopic (exact) mass is 419 g/mol. The molecule has 0 saturated carbocycles. The second-order valence-corrected chi connectivity index (χ2v) is 6.85. The van der Waals surface area contributed by atoms with Gasteiger partial charge < -0.3 is 19.2 Å². The highest BCUT2D eigenvalue weighted by molar-refractivity contribution is 6.11. The van der Waals surface area contributed by atoms with E-state index in [0.29, 0.717) is 24.7 Å². The number of methoxy groups -OCH3 is 2. The van der Waals surface area contributed by atoms with E-state index in [1.165, 1.54) is 12.2 Å². The number of aromatic nitrogens is 1. The van der Waals surface area contributed by atoms with E-state index < -0.39 is 0 Å². The van der Waals surface area contributed by atoms with Crippen LogP contribution in [-0.2, 0) is 14.3 Å². The maximum Gasteiger partial charge on any atom is 0.163 e. The molecule has 0 radical (unpaired) electrons. The molecule has 31 heavy (non-hydrogen) atoms. The van der Waals surface area contributed by atoms with Crippen LogP contribution in [-0.4, -0.2) is 44.0 Å². The number of hydrogen-bond donors (Lipinski definition) is 1. The number of ether oxygens (including phenoxy) is 3. The second kappa shape index (κ2) is 10.9. The van der Waals surface area contributed by atoms with Gasteiger partial charge >= 0.3 is 0 Å². The van der Waals surface area contributed by atoms with Gasteiger partial charge in [0.1, 0.15) is 18.1 Å². The Balaban J connectivity index is 1.57. The molecule has 0 spiro atoms. The van der Waals surface area contributed by atoms with Crippen LogP contribution in [0, 0.1) is 0 Å². The number of carbonyl (C=O) groups is 2. The fourth-order valence-electron chi connectivity index (χ4n) is 2.99. The Morgan fingerprint density at radius 1 is 0.935 bits per heavy atom. The van der Waals surface area contributed by atoms with Gasteiger partial charge in [0.25, 0.3) is 0 Å². The third kappa shape index (κ3) is 6.42. The third-order valence-corrected chi connectivity index (χ3v) is 4.60. The molecule has 0 aliphatic rings. The van der Waals surface area contributed by atoms with Crippen molar-refractivity contribution >= 4 is 34.6 Å². The summed E-state index contributed by atoms with van der Waals surface area (Å²) in [5.74, 6) is 0.687. The van der Waals surface area contributed by atoms with Gasteiger partial charge in [-0.25, -0.2) is 0 Å². The number of H-pyrrole nitrogens is 1. The second-order valence-electron chi connectivity index (χ2n) is 6.85. The van der Waals surface area contributed by atoms with Gasteiger partial charge in [-0.2, -0.15) is 0 Å². The van der Waals surface area contributed by atoms with Crippen LogP contribution in [0.15, 0.2) is 60.8 Å². The van der Waals surface area contributed by atoms with Crippen LogP contribution in [0.3, 0.4) is 0 Å². The Morgan fingerprint density at radius 3 is 2.52 bits per heavy atom. The molecule has 2 aromatic carbocycles. The number of carbonyl (C=O) groups excluding carboxylic acids is 2. The molecular formula is C25H25NO5. The fourth-order valence-corrected chi connectivity index (χ4v) is 2.99. The highest BCUT2D eigenvalue weighted by Gasteiger charge is 2.07. The van der Waals surface area contributed by atoms with Crippen molar-refractivity contribution in [3.05, 3.63) is 71.9 Å². The summed E-state index contributed by atoms with van der Waals surface area (Å²) in [4.78, 5) is 27.5. The third-order valence-electron chi connectivity index (χ3n) is 4.60. The molecular weight excluding hydrogens is 394 g/mol. The summed E-state index contributed by atoms with van der Waals surface area (Å²) in [6, 6.07) is 13.2. The molecule has 0 fully saturated rings. The summed E-state index contributed by atoms with van der Waals surface area (Å²) < 4.78 is 15.9. The molecule has 1 heterocycles. The Morgan fingerprint density at radius 2 is 1.74 bits per heavy atom. The maximum absolute atomic E-state index is 12.2. The van der Waals surface area contributed by atoms with Gasteiger partial charge in [-0.05, 0) is 53.4 Å². The largest absolute Gasteiger partial charge is 0.496 e. The van der Waals surface area contributed by atoms with Crippen LogP contribution in [0.4, 0.5) is 0 Å². The summed E-state index contributed by atoms with van der Waals surface area (Å²) in [5.41, 5.74) is 2.61. The predicted octanol–water partition coefficient (Wildman–Crippen LogP) is 4.46. The molecule has 0 bridgehead atoms. The van der Waals surface area contributed by atoms with Crippen molar-refractivity contribution in [1.29, 1.82) is 0 Å². The quantitative estimate of drug-likeness (QED) is 0.282. The Bertz CT molecular complexity index is 1110. The number of fused-ring (bicyclic) bond motifs is 1. The molecule has 0 unspecified atom stereocenters. The number of allylic oxidation sites excluding steroid dienone is 2. The summed E-state index contributed by atoms with van der Waals surface area (Å²) in [6.45, 7) is 0.920. The van der Waals surface area contributed by atoms with E-state index in [1.54, 1.807) is 44.6 Å². The zero-order valence-corrected chi connectivity index (χ0v) is 17.6. The smallest absolute Gasteiger partial charge is 0.163 e. The van der Waals surface area contributed by atoms with E-state index in [0.717, 1.165) is 22.0 Å². The van der Waals surface area contributed by atoms with Crippen LogP contribution in [0.1, 0.15) is 17.5 Å². The van der Waals surface area contributed by atoms with Crippen molar-refractivity contribution in [3.8, 4) is 11.5 Å². The lowest BCUT2D eigenvalue weighted by molar-refractivity contribution is -0.121. The summed E-state index contributed by atoms with van der Waals surface area (Å²) in [7, 11) is 3.16. The minimum Gasteiger partial charge on any atom is -0.496 e. The Hall–Kier alpha value is -3.64. The lowest BCUT2D eigenvalue weighted by Gasteiger charge is -2.09. The molecule has 160 valence electrons. The SMILES string of the molecule is COCCOc1ccc(/C=C/C(=O)CC(=O)/C=C/c2ccc3cc[nH]c3c2)c(OC)c1. The minimum absolute atomic E-state index is 0.196. The highest BCUT2D eigenvalue weighted by atomic mass is 16.5. The lowest BCUT2D eigenvalue weighted by Crippen LogP contribution is -2.04. The van der Waals surface area contributed by atoms with Gasteiger partial charge in [-0.3, -0.25) is 9.59 Å². The molecule has 3 rings (SSSR count). The number of aromatic amines is 1. The summed E-state index contributed by atoms with van der Waals surface area (Å²) >= 11 is 0. The van der Waals surface area contributed by atoms with Crippen LogP contribution < -0.4 is 9.47 Å². The number of rotatable bonds is 11. The standard InChI is InChI=1S/C25H25NO5/c1-29-13-14-31-23-10-7-20(25(17-23)30-2)6-9-22(28)16-21(27)8-4-18-3-5-19-11-12-26-24(19)15-18/h3-12,15,17,26H,13-14,16H2,1-2H3/b8-4+,9-6+. The van der Waals surface area contributed by atoms with E-state index in [4.69, 9.17) is 14.2 Å². The molecule has 1 N–H and O–H groups in total. The molecule has 0 atom stereocenters. The van der Waals surface area contributed by atoms with Crippen molar-refractivity contribution in [2.45, 2.75) is 6.42 Å². The summed E-state index contributed by atoms with van der Waals surface area (Å²) in [5, 5.41) is 1.11. The molecule has 1 aromatic heterocycles. The molecule has 0 aliphatic carbocycles. The van der Waals surface area contributed by atoms with Crippen LogP contribution >= 0.6 is 0 Å². The lowest BCUT2D eigenvalue weighted by atomic mass is 10.1. The zero-order valence-electron chi connectivity index (χ0n) is 17.6. The van der Waals surface area contributed by atoms with Crippen LogP contribution in [0.25, 0.3) is 23.1 Å². The molecule has 0 amide bonds. The van der Waals surface area contributed by atoms with Gasteiger partial charge in [-0.15, -0.1) is 0 Å². The Kier molecular flexibility index (Phi) is 7.79. The van der Waals surface area contributed by atoms with Crippen LogP contribution in [0.5, 0.6) is 11.5 Å². The Labute approximate surface area is 181 Å². The summed E-state index contributed by atoms with van der Waals surface area (Å²) in [6.07, 6.45) is 7.84. The molecule has 6 heteroatoms. The topological polar surface area (TPSA) is 77.6 Å². The average molecular weight is 419 g/mol. The first-order chi connectivity index (χ1) is 15.1. The average Bonchev–Trinajstić information content (AvgIpc) is 3.24. The van der Waals surface area contributed by atoms with Gasteiger partial charge in [0.15, 0.2) is 11.6 Å². The zero-order chi connectivity index (χ0) is 22.1. The fraction of sp³-hybridized carbons (Fsp3) is 0.200. The first-order valence-electron chi connectivity index (χ1n) is 9.88. The van der Waals surface area contributed by atoms with E-state index in [2.05, 4.69) is 4.98 Å². The van der Waals surface area contributed by atoms with Crippen molar-refractivity contribution in [1.82, 2.24) is 4.98 Å². The van der Waals surface area contributed by atoms with Gasteiger partial charge in [0.2, 0.25) is 0 Å². The predicted molar refractivity (Wildman–Crippen MR) is 121 cm³/mol. The number of hydrogen-bond acceptors (Lipinski definition) is 5. The van der Waals surface area contributed by atoms with E-state index in [9.17, 15) is 9.59 Å². The number of benzene rings is 2.